The molecule has 1 N–H and O–H groups in total. The lowest BCUT2D eigenvalue weighted by atomic mass is 10.1. The molecule has 0 bridgehead atoms. The van der Waals surface area contributed by atoms with Gasteiger partial charge in [-0.15, -0.1) is 0 Å². The number of nitrogens with zero attached hydrogens (tertiary/aromatic N) is 3. The van der Waals surface area contributed by atoms with Crippen molar-refractivity contribution in [1.29, 1.82) is 10.5 Å². The molecule has 1 rings (SSSR count). The average molecular weight is 209 g/mol. The molecule has 0 aliphatic carbocycles. The lowest BCUT2D eigenvalue weighted by Crippen LogP contribution is -2.00. The Labute approximate surface area is 84.0 Å². The largest absolute Gasteiger partial charge is 0.506 e. The van der Waals surface area contributed by atoms with Crippen molar-refractivity contribution in [1.82, 2.24) is 4.98 Å². The van der Waals surface area contributed by atoms with E-state index >= 15 is 0 Å². The van der Waals surface area contributed by atoms with Crippen LogP contribution < -0.4 is 0 Å². The summed E-state index contributed by atoms with van der Waals surface area (Å²) in [4.78, 5) is 3.55. The molecule has 0 radical (unpaired) electrons. The van der Waals surface area contributed by atoms with Crippen molar-refractivity contribution >= 4 is 0 Å². The lowest BCUT2D eigenvalue weighted by Gasteiger charge is -2.07. The van der Waals surface area contributed by atoms with Crippen LogP contribution in [0.25, 0.3) is 0 Å². The summed E-state index contributed by atoms with van der Waals surface area (Å²) in [6, 6.07) is 3.22. The van der Waals surface area contributed by atoms with E-state index < -0.39 is 23.3 Å². The van der Waals surface area contributed by atoms with Gasteiger partial charge in [-0.05, 0) is 0 Å². The molecule has 1 aromatic heterocycles. The smallest absolute Gasteiger partial charge is 0.268 e. The molecule has 0 spiro atoms. The number of alkyl halides is 2. The fourth-order valence-electron chi connectivity index (χ4n) is 1.11. The van der Waals surface area contributed by atoms with Gasteiger partial charge >= 0.3 is 0 Å². The number of aromatic hydroxyl groups is 1. The highest BCUT2D eigenvalue weighted by atomic mass is 19.3. The molecule has 15 heavy (non-hydrogen) atoms. The van der Waals surface area contributed by atoms with Crippen LogP contribution in [0, 0.1) is 22.7 Å². The molecule has 1 heterocycles. The molecule has 0 unspecified atom stereocenters. The third-order valence-corrected chi connectivity index (χ3v) is 1.75. The summed E-state index contributed by atoms with van der Waals surface area (Å²) in [5.74, 6) is -0.733. The third-order valence-electron chi connectivity index (χ3n) is 1.75. The van der Waals surface area contributed by atoms with Crippen molar-refractivity contribution in [2.24, 2.45) is 0 Å². The van der Waals surface area contributed by atoms with Crippen molar-refractivity contribution < 1.29 is 13.9 Å². The molecule has 6 heteroatoms. The zero-order chi connectivity index (χ0) is 11.4. The van der Waals surface area contributed by atoms with Gasteiger partial charge in [0.15, 0.2) is 0 Å². The molecule has 0 aliphatic rings. The summed E-state index contributed by atoms with van der Waals surface area (Å²) < 4.78 is 24.9. The predicted molar refractivity (Wildman–Crippen MR) is 44.9 cm³/mol. The van der Waals surface area contributed by atoms with Crippen molar-refractivity contribution in [3.05, 3.63) is 23.0 Å². The Morgan fingerprint density at radius 2 is 2.13 bits per heavy atom. The highest BCUT2D eigenvalue weighted by Crippen LogP contribution is 2.31. The second kappa shape index (κ2) is 4.34. The molecule has 76 valence electrons. The van der Waals surface area contributed by atoms with Gasteiger partial charge in [0.1, 0.15) is 11.8 Å². The molecular weight excluding hydrogens is 204 g/mol. The fourth-order valence-corrected chi connectivity index (χ4v) is 1.11. The van der Waals surface area contributed by atoms with Crippen LogP contribution in [-0.2, 0) is 6.42 Å². The van der Waals surface area contributed by atoms with Crippen molar-refractivity contribution in [2.75, 3.05) is 0 Å². The van der Waals surface area contributed by atoms with Crippen molar-refractivity contribution in [2.45, 2.75) is 12.8 Å². The highest BCUT2D eigenvalue weighted by Gasteiger charge is 2.21. The van der Waals surface area contributed by atoms with E-state index in [-0.39, 0.29) is 12.1 Å². The number of pyridine rings is 1. The number of rotatable bonds is 2. The number of hydrogen-bond donors (Lipinski definition) is 1. The molecule has 0 saturated carbocycles. The molecule has 0 atom stereocenters. The van der Waals surface area contributed by atoms with E-state index in [0.29, 0.717) is 0 Å². The molecular formula is C9H5F2N3O. The fraction of sp³-hybridized carbons (Fsp3) is 0.222. The average Bonchev–Trinajstić information content (AvgIpc) is 2.19. The van der Waals surface area contributed by atoms with Crippen LogP contribution in [0.1, 0.15) is 23.2 Å². The first-order valence-corrected chi connectivity index (χ1v) is 3.87. The maximum atomic E-state index is 12.5. The van der Waals surface area contributed by atoms with Crippen LogP contribution in [0.5, 0.6) is 5.75 Å². The molecule has 0 amide bonds. The standard InChI is InChI=1S/C9H5F2N3O/c10-9(11)8-5(3-13)6(1-2-12)14-4-7(8)15/h4,9,15H,1H2. The Hall–Kier alpha value is -2.21. The zero-order valence-electron chi connectivity index (χ0n) is 7.41. The topological polar surface area (TPSA) is 80.7 Å². The molecule has 1 aromatic rings. The van der Waals surface area contributed by atoms with E-state index in [2.05, 4.69) is 4.98 Å². The monoisotopic (exact) mass is 209 g/mol. The summed E-state index contributed by atoms with van der Waals surface area (Å²) in [5, 5.41) is 26.2. The summed E-state index contributed by atoms with van der Waals surface area (Å²) >= 11 is 0. The van der Waals surface area contributed by atoms with E-state index in [1.54, 1.807) is 6.07 Å². The Morgan fingerprint density at radius 3 is 2.60 bits per heavy atom. The Morgan fingerprint density at radius 1 is 1.47 bits per heavy atom. The minimum Gasteiger partial charge on any atom is -0.506 e. The summed E-state index contributed by atoms with van der Waals surface area (Å²) in [5.41, 5.74) is -1.24. The normalized spacial score (nSPS) is 9.67. The van der Waals surface area contributed by atoms with E-state index in [0.717, 1.165) is 6.20 Å². The van der Waals surface area contributed by atoms with Crippen LogP contribution >= 0.6 is 0 Å². The quantitative estimate of drug-likeness (QED) is 0.803. The van der Waals surface area contributed by atoms with Crippen molar-refractivity contribution in [3.8, 4) is 17.9 Å². The summed E-state index contributed by atoms with van der Waals surface area (Å²) in [6.45, 7) is 0. The number of aromatic nitrogens is 1. The summed E-state index contributed by atoms with van der Waals surface area (Å²) in [6.07, 6.45) is -2.40. The second-order valence-electron chi connectivity index (χ2n) is 2.63. The van der Waals surface area contributed by atoms with E-state index in [1.165, 1.54) is 6.07 Å². The molecule has 0 fully saturated rings. The third kappa shape index (κ3) is 2.00. The lowest BCUT2D eigenvalue weighted by molar-refractivity contribution is 0.147. The SMILES string of the molecule is N#CCc1ncc(O)c(C(F)F)c1C#N. The van der Waals surface area contributed by atoms with Crippen molar-refractivity contribution in [3.63, 3.8) is 0 Å². The summed E-state index contributed by atoms with van der Waals surface area (Å²) in [7, 11) is 0. The predicted octanol–water partition coefficient (Wildman–Crippen LogP) is 1.66. The molecule has 0 aliphatic heterocycles. The first-order chi connectivity index (χ1) is 7.11. The Bertz CT molecular complexity index is 460. The Balaban J connectivity index is 3.43. The first-order valence-electron chi connectivity index (χ1n) is 3.87. The van der Waals surface area contributed by atoms with E-state index in [1.807, 2.05) is 0 Å². The maximum Gasteiger partial charge on any atom is 0.268 e. The van der Waals surface area contributed by atoms with Gasteiger partial charge in [-0.2, -0.15) is 10.5 Å². The molecule has 0 saturated heterocycles. The number of hydrogen-bond acceptors (Lipinski definition) is 4. The number of halogens is 2. The van der Waals surface area contributed by atoms with Crippen LogP contribution in [0.2, 0.25) is 0 Å². The Kier molecular flexibility index (Phi) is 3.14. The van der Waals surface area contributed by atoms with Gasteiger partial charge in [0.2, 0.25) is 0 Å². The molecule has 4 nitrogen and oxygen atoms in total. The van der Waals surface area contributed by atoms with Crippen LogP contribution in [0.3, 0.4) is 0 Å². The number of nitriles is 2. The van der Waals surface area contributed by atoms with Crippen LogP contribution in [0.15, 0.2) is 6.20 Å². The van der Waals surface area contributed by atoms with Crippen LogP contribution in [-0.4, -0.2) is 10.1 Å². The minimum atomic E-state index is -2.97. The van der Waals surface area contributed by atoms with Gasteiger partial charge in [-0.25, -0.2) is 8.78 Å². The van der Waals surface area contributed by atoms with Gasteiger partial charge in [-0.3, -0.25) is 4.98 Å². The van der Waals surface area contributed by atoms with Gasteiger partial charge in [0.05, 0.1) is 35.5 Å². The maximum absolute atomic E-state index is 12.5. The molecule has 0 aromatic carbocycles. The highest BCUT2D eigenvalue weighted by molar-refractivity contribution is 5.48. The van der Waals surface area contributed by atoms with Crippen LogP contribution in [0.4, 0.5) is 8.78 Å². The van der Waals surface area contributed by atoms with Gasteiger partial charge in [0.25, 0.3) is 6.43 Å². The van der Waals surface area contributed by atoms with Gasteiger partial charge in [0, 0.05) is 0 Å². The minimum absolute atomic E-state index is 0.0481. The second-order valence-corrected chi connectivity index (χ2v) is 2.63. The zero-order valence-corrected chi connectivity index (χ0v) is 7.41. The van der Waals surface area contributed by atoms with E-state index in [4.69, 9.17) is 15.6 Å². The van der Waals surface area contributed by atoms with E-state index in [9.17, 15) is 8.78 Å². The van der Waals surface area contributed by atoms with Gasteiger partial charge < -0.3 is 5.11 Å². The van der Waals surface area contributed by atoms with Gasteiger partial charge in [-0.1, -0.05) is 0 Å². The first kappa shape index (κ1) is 10.9.